The van der Waals surface area contributed by atoms with Crippen molar-refractivity contribution in [1.29, 1.82) is 0 Å². The summed E-state index contributed by atoms with van der Waals surface area (Å²) in [5.74, 6) is -0.517. The molecule has 0 saturated heterocycles. The maximum Gasteiger partial charge on any atom is 0.317 e. The van der Waals surface area contributed by atoms with Crippen LogP contribution in [-0.2, 0) is 4.79 Å². The molecule has 0 saturated carbocycles. The van der Waals surface area contributed by atoms with Gasteiger partial charge in [-0.2, -0.15) is 0 Å². The monoisotopic (exact) mass is 244 g/mol. The van der Waals surface area contributed by atoms with E-state index in [1.165, 1.54) is 4.90 Å². The highest BCUT2D eigenvalue weighted by atomic mass is 16.4. The zero-order valence-corrected chi connectivity index (χ0v) is 11.4. The van der Waals surface area contributed by atoms with Gasteiger partial charge in [0.1, 0.15) is 0 Å². The van der Waals surface area contributed by atoms with Crippen LogP contribution in [0.15, 0.2) is 0 Å². The molecule has 0 heterocycles. The number of carbonyl (C=O) groups is 2. The zero-order chi connectivity index (χ0) is 13.6. The molecule has 5 nitrogen and oxygen atoms in total. The van der Waals surface area contributed by atoms with Crippen molar-refractivity contribution in [1.82, 2.24) is 10.2 Å². The van der Waals surface area contributed by atoms with E-state index in [2.05, 4.69) is 26.1 Å². The Labute approximate surface area is 103 Å². The predicted octanol–water partition coefficient (Wildman–Crippen LogP) is 1.64. The molecule has 2 atom stereocenters. The van der Waals surface area contributed by atoms with Gasteiger partial charge < -0.3 is 15.3 Å². The molecule has 0 fully saturated rings. The lowest BCUT2D eigenvalue weighted by molar-refractivity contribution is -0.141. The first-order valence-electron chi connectivity index (χ1n) is 5.97. The molecule has 0 aliphatic heterocycles. The smallest absolute Gasteiger partial charge is 0.317 e. The second-order valence-corrected chi connectivity index (χ2v) is 5.03. The van der Waals surface area contributed by atoms with E-state index in [0.29, 0.717) is 18.4 Å². The van der Waals surface area contributed by atoms with Crippen LogP contribution in [0.5, 0.6) is 0 Å². The van der Waals surface area contributed by atoms with Crippen LogP contribution < -0.4 is 5.32 Å². The van der Waals surface area contributed by atoms with Gasteiger partial charge in [0.05, 0.1) is 5.92 Å². The Kier molecular flexibility index (Phi) is 6.61. The molecule has 2 N–H and O–H groups in total. The molecule has 0 aromatic carbocycles. The van der Waals surface area contributed by atoms with Crippen molar-refractivity contribution < 1.29 is 14.7 Å². The van der Waals surface area contributed by atoms with E-state index < -0.39 is 11.9 Å². The molecule has 2 unspecified atom stereocenters. The highest BCUT2D eigenvalue weighted by molar-refractivity contribution is 5.75. The number of hydrogen-bond acceptors (Lipinski definition) is 2. The number of aliphatic carboxylic acids is 1. The number of rotatable bonds is 6. The summed E-state index contributed by atoms with van der Waals surface area (Å²) in [5, 5.41) is 11.5. The summed E-state index contributed by atoms with van der Waals surface area (Å²) >= 11 is 0. The Morgan fingerprint density at radius 2 is 1.76 bits per heavy atom. The molecular formula is C12H24N2O3. The van der Waals surface area contributed by atoms with Gasteiger partial charge in [-0.1, -0.05) is 27.7 Å². The van der Waals surface area contributed by atoms with Crippen LogP contribution in [0.4, 0.5) is 4.79 Å². The number of carboxylic acid groups (broad SMARTS) is 1. The molecule has 0 aromatic heterocycles. The molecule has 0 aliphatic rings. The van der Waals surface area contributed by atoms with E-state index in [4.69, 9.17) is 5.11 Å². The van der Waals surface area contributed by atoms with Crippen molar-refractivity contribution in [2.24, 2.45) is 17.8 Å². The minimum Gasteiger partial charge on any atom is -0.481 e. The summed E-state index contributed by atoms with van der Waals surface area (Å²) in [5.41, 5.74) is 0. The highest BCUT2D eigenvalue weighted by Crippen LogP contribution is 2.07. The van der Waals surface area contributed by atoms with Crippen LogP contribution >= 0.6 is 0 Å². The van der Waals surface area contributed by atoms with Gasteiger partial charge in [0, 0.05) is 20.1 Å². The first-order chi connectivity index (χ1) is 7.75. The summed E-state index contributed by atoms with van der Waals surface area (Å²) in [6.07, 6.45) is 0. The Hall–Kier alpha value is -1.26. The first-order valence-corrected chi connectivity index (χ1v) is 5.97. The van der Waals surface area contributed by atoms with Crippen molar-refractivity contribution in [2.45, 2.75) is 27.7 Å². The summed E-state index contributed by atoms with van der Waals surface area (Å²) in [4.78, 5) is 23.7. The third-order valence-corrected chi connectivity index (χ3v) is 3.03. The average Bonchev–Trinajstić information content (AvgIpc) is 2.24. The average molecular weight is 244 g/mol. The van der Waals surface area contributed by atoms with Crippen LogP contribution in [0.2, 0.25) is 0 Å². The van der Waals surface area contributed by atoms with Crippen molar-refractivity contribution in [2.75, 3.05) is 20.1 Å². The highest BCUT2D eigenvalue weighted by Gasteiger charge is 2.17. The van der Waals surface area contributed by atoms with E-state index in [0.717, 1.165) is 0 Å². The van der Waals surface area contributed by atoms with Crippen LogP contribution in [0.3, 0.4) is 0 Å². The summed E-state index contributed by atoms with van der Waals surface area (Å²) in [6.45, 7) is 8.70. The number of carbonyl (C=O) groups excluding carboxylic acids is 1. The fourth-order valence-corrected chi connectivity index (χ4v) is 1.19. The third kappa shape index (κ3) is 6.14. The van der Waals surface area contributed by atoms with Crippen molar-refractivity contribution in [3.63, 3.8) is 0 Å². The lowest BCUT2D eigenvalue weighted by Gasteiger charge is -2.22. The predicted molar refractivity (Wildman–Crippen MR) is 66.8 cm³/mol. The fraction of sp³-hybridized carbons (Fsp3) is 0.833. The molecule has 0 radical (unpaired) electrons. The van der Waals surface area contributed by atoms with Gasteiger partial charge >= 0.3 is 12.0 Å². The minimum atomic E-state index is -0.889. The topological polar surface area (TPSA) is 69.6 Å². The van der Waals surface area contributed by atoms with Gasteiger partial charge in [-0.05, 0) is 11.8 Å². The molecule has 0 spiro atoms. The van der Waals surface area contributed by atoms with E-state index >= 15 is 0 Å². The van der Waals surface area contributed by atoms with Gasteiger partial charge in [0.15, 0.2) is 0 Å². The zero-order valence-electron chi connectivity index (χ0n) is 11.4. The number of urea groups is 1. The molecule has 100 valence electrons. The van der Waals surface area contributed by atoms with Gasteiger partial charge in [-0.25, -0.2) is 4.79 Å². The Morgan fingerprint density at radius 3 is 2.18 bits per heavy atom. The minimum absolute atomic E-state index is 0.217. The lowest BCUT2D eigenvalue weighted by Crippen LogP contribution is -2.42. The lowest BCUT2D eigenvalue weighted by atomic mass is 9.98. The van der Waals surface area contributed by atoms with Crippen molar-refractivity contribution in [3.05, 3.63) is 0 Å². The van der Waals surface area contributed by atoms with E-state index in [1.807, 2.05) is 0 Å². The fourth-order valence-electron chi connectivity index (χ4n) is 1.19. The Balaban J connectivity index is 4.02. The van der Waals surface area contributed by atoms with Crippen LogP contribution in [0.1, 0.15) is 27.7 Å². The molecule has 0 aliphatic carbocycles. The largest absolute Gasteiger partial charge is 0.481 e. The summed E-state index contributed by atoms with van der Waals surface area (Å²) < 4.78 is 0. The molecule has 0 aromatic rings. The maximum absolute atomic E-state index is 11.7. The number of nitrogens with one attached hydrogen (secondary N) is 1. The number of amides is 2. The molecule has 5 heteroatoms. The van der Waals surface area contributed by atoms with Gasteiger partial charge in [0.2, 0.25) is 0 Å². The van der Waals surface area contributed by atoms with Crippen LogP contribution in [-0.4, -0.2) is 42.1 Å². The molecule has 0 bridgehead atoms. The number of carboxylic acids is 1. The second-order valence-electron chi connectivity index (χ2n) is 5.03. The molecule has 0 rings (SSSR count). The number of hydrogen-bond donors (Lipinski definition) is 2. The van der Waals surface area contributed by atoms with E-state index in [-0.39, 0.29) is 12.6 Å². The summed E-state index contributed by atoms with van der Waals surface area (Å²) in [6, 6.07) is -0.217. The van der Waals surface area contributed by atoms with Crippen LogP contribution in [0, 0.1) is 17.8 Å². The first kappa shape index (κ1) is 15.7. The van der Waals surface area contributed by atoms with Crippen LogP contribution in [0.25, 0.3) is 0 Å². The molecular weight excluding hydrogens is 220 g/mol. The number of nitrogens with zero attached hydrogens (tertiary/aromatic N) is 1. The molecule has 2 amide bonds. The Bertz CT molecular complexity index is 266. The third-order valence-electron chi connectivity index (χ3n) is 3.03. The maximum atomic E-state index is 11.7. The van der Waals surface area contributed by atoms with Gasteiger partial charge in [0.25, 0.3) is 0 Å². The summed E-state index contributed by atoms with van der Waals surface area (Å²) in [7, 11) is 1.61. The van der Waals surface area contributed by atoms with Crippen molar-refractivity contribution >= 4 is 12.0 Å². The second kappa shape index (κ2) is 7.14. The normalized spacial score (nSPS) is 14.2. The molecule has 17 heavy (non-hydrogen) atoms. The Morgan fingerprint density at radius 1 is 1.24 bits per heavy atom. The SMILES string of the molecule is CC(CN(C)C(=O)NCC(C)C(C)C)C(=O)O. The van der Waals surface area contributed by atoms with E-state index in [1.54, 1.807) is 14.0 Å². The van der Waals surface area contributed by atoms with Gasteiger partial charge in [-0.3, -0.25) is 4.79 Å². The quantitative estimate of drug-likeness (QED) is 0.746. The van der Waals surface area contributed by atoms with Gasteiger partial charge in [-0.15, -0.1) is 0 Å². The van der Waals surface area contributed by atoms with E-state index in [9.17, 15) is 9.59 Å². The van der Waals surface area contributed by atoms with Crippen molar-refractivity contribution in [3.8, 4) is 0 Å². The standard InChI is InChI=1S/C12H24N2O3/c1-8(2)9(3)6-13-12(17)14(5)7-10(4)11(15)16/h8-10H,6-7H2,1-5H3,(H,13,17)(H,15,16).